The summed E-state index contributed by atoms with van der Waals surface area (Å²) < 4.78 is 11.9. The van der Waals surface area contributed by atoms with Gasteiger partial charge in [0.05, 0.1) is 11.7 Å². The fraction of sp³-hybridized carbons (Fsp3) is 0.571. The van der Waals surface area contributed by atoms with E-state index in [-0.39, 0.29) is 17.6 Å². The van der Waals surface area contributed by atoms with Gasteiger partial charge in [-0.3, -0.25) is 4.79 Å². The van der Waals surface area contributed by atoms with Crippen molar-refractivity contribution in [2.45, 2.75) is 50.7 Å². The van der Waals surface area contributed by atoms with Gasteiger partial charge in [-0.15, -0.1) is 0 Å². The zero-order chi connectivity index (χ0) is 18.1. The van der Waals surface area contributed by atoms with Crippen molar-refractivity contribution in [1.82, 2.24) is 9.88 Å². The SMILES string of the molecule is CCc1c(C(=O)N2CCC3(CC2)OCCCC3OC)[nH]c2ccccc12. The Balaban J connectivity index is 1.54. The number of aromatic amines is 1. The standard InChI is InChI=1S/C21H28N2O3/c1-3-15-16-7-4-5-8-17(16)22-19(15)20(24)23-12-10-21(11-13-23)18(25-2)9-6-14-26-21/h4-5,7-8,18,22H,3,6,9-14H2,1-2H3. The summed E-state index contributed by atoms with van der Waals surface area (Å²) in [5, 5.41) is 1.15. The van der Waals surface area contributed by atoms with Crippen LogP contribution < -0.4 is 0 Å². The average molecular weight is 356 g/mol. The van der Waals surface area contributed by atoms with Crippen molar-refractivity contribution in [3.05, 3.63) is 35.5 Å². The molecule has 5 heteroatoms. The minimum absolute atomic E-state index is 0.109. The van der Waals surface area contributed by atoms with E-state index in [9.17, 15) is 4.79 Å². The van der Waals surface area contributed by atoms with Gasteiger partial charge < -0.3 is 19.4 Å². The molecule has 0 saturated carbocycles. The van der Waals surface area contributed by atoms with Crippen LogP contribution in [0, 0.1) is 0 Å². The Labute approximate surface area is 154 Å². The number of likely N-dealkylation sites (tertiary alicyclic amines) is 1. The number of ether oxygens (including phenoxy) is 2. The molecule has 4 rings (SSSR count). The molecule has 1 aromatic carbocycles. The van der Waals surface area contributed by atoms with Crippen molar-refractivity contribution in [3.8, 4) is 0 Å². The molecule has 1 amide bonds. The van der Waals surface area contributed by atoms with Crippen LogP contribution in [0.25, 0.3) is 10.9 Å². The fourth-order valence-corrected chi connectivity index (χ4v) is 4.70. The van der Waals surface area contributed by atoms with E-state index in [0.717, 1.165) is 74.0 Å². The van der Waals surface area contributed by atoms with Crippen LogP contribution >= 0.6 is 0 Å². The molecule has 1 N–H and O–H groups in total. The highest BCUT2D eigenvalue weighted by molar-refractivity contribution is 6.01. The van der Waals surface area contributed by atoms with E-state index in [2.05, 4.69) is 18.0 Å². The minimum atomic E-state index is -0.211. The number of aromatic nitrogens is 1. The maximum atomic E-state index is 13.2. The first kappa shape index (κ1) is 17.6. The number of amides is 1. The molecule has 1 unspecified atom stereocenters. The van der Waals surface area contributed by atoms with Crippen LogP contribution in [-0.2, 0) is 15.9 Å². The summed E-state index contributed by atoms with van der Waals surface area (Å²) in [5.41, 5.74) is 2.70. The second-order valence-electron chi connectivity index (χ2n) is 7.45. The summed E-state index contributed by atoms with van der Waals surface area (Å²) in [6.45, 7) is 4.35. The smallest absolute Gasteiger partial charge is 0.270 e. The van der Waals surface area contributed by atoms with Gasteiger partial charge in [0, 0.05) is 37.7 Å². The highest BCUT2D eigenvalue weighted by Gasteiger charge is 2.45. The Hall–Kier alpha value is -1.85. The predicted molar refractivity (Wildman–Crippen MR) is 102 cm³/mol. The lowest BCUT2D eigenvalue weighted by atomic mass is 9.81. The van der Waals surface area contributed by atoms with Crippen molar-refractivity contribution in [1.29, 1.82) is 0 Å². The van der Waals surface area contributed by atoms with E-state index < -0.39 is 0 Å². The number of methoxy groups -OCH3 is 1. The van der Waals surface area contributed by atoms with E-state index in [1.54, 1.807) is 7.11 Å². The number of carbonyl (C=O) groups excluding carboxylic acids is 1. The predicted octanol–water partition coefficient (Wildman–Crippen LogP) is 3.53. The normalized spacial score (nSPS) is 22.8. The Bertz CT molecular complexity index is 790. The van der Waals surface area contributed by atoms with Crippen LogP contribution in [-0.4, -0.2) is 54.3 Å². The highest BCUT2D eigenvalue weighted by atomic mass is 16.5. The van der Waals surface area contributed by atoms with Crippen LogP contribution in [0.4, 0.5) is 0 Å². The van der Waals surface area contributed by atoms with E-state index in [1.165, 1.54) is 0 Å². The maximum absolute atomic E-state index is 13.2. The highest BCUT2D eigenvalue weighted by Crippen LogP contribution is 2.37. The average Bonchev–Trinajstić information content (AvgIpc) is 3.07. The van der Waals surface area contributed by atoms with Crippen LogP contribution in [0.3, 0.4) is 0 Å². The van der Waals surface area contributed by atoms with Gasteiger partial charge in [0.25, 0.3) is 5.91 Å². The summed E-state index contributed by atoms with van der Waals surface area (Å²) >= 11 is 0. The zero-order valence-electron chi connectivity index (χ0n) is 15.7. The molecule has 0 aliphatic carbocycles. The lowest BCUT2D eigenvalue weighted by Crippen LogP contribution is -2.56. The van der Waals surface area contributed by atoms with E-state index in [0.29, 0.717) is 0 Å². The van der Waals surface area contributed by atoms with Gasteiger partial charge in [0.15, 0.2) is 0 Å². The summed E-state index contributed by atoms with van der Waals surface area (Å²) in [7, 11) is 1.77. The topological polar surface area (TPSA) is 54.6 Å². The number of aryl methyl sites for hydroxylation is 1. The zero-order valence-corrected chi connectivity index (χ0v) is 15.7. The number of rotatable bonds is 3. The third-order valence-electron chi connectivity index (χ3n) is 6.15. The Kier molecular flexibility index (Phi) is 4.76. The van der Waals surface area contributed by atoms with Gasteiger partial charge in [-0.25, -0.2) is 0 Å². The number of carbonyl (C=O) groups is 1. The molecule has 3 heterocycles. The largest absolute Gasteiger partial charge is 0.378 e. The monoisotopic (exact) mass is 356 g/mol. The second-order valence-corrected chi connectivity index (χ2v) is 7.45. The number of nitrogens with one attached hydrogen (secondary N) is 1. The number of H-pyrrole nitrogens is 1. The van der Waals surface area contributed by atoms with Crippen LogP contribution in [0.15, 0.2) is 24.3 Å². The summed E-state index contributed by atoms with van der Waals surface area (Å²) in [6.07, 6.45) is 4.78. The first-order valence-electron chi connectivity index (χ1n) is 9.74. The first-order chi connectivity index (χ1) is 12.7. The number of hydrogen-bond donors (Lipinski definition) is 1. The molecule has 1 atom stereocenters. The molecule has 1 spiro atoms. The number of hydrogen-bond acceptors (Lipinski definition) is 3. The number of para-hydroxylation sites is 1. The summed E-state index contributed by atoms with van der Waals surface area (Å²) in [5.74, 6) is 0.109. The molecule has 2 aliphatic rings. The molecule has 140 valence electrons. The van der Waals surface area contributed by atoms with E-state index in [4.69, 9.17) is 9.47 Å². The molecule has 2 fully saturated rings. The Morgan fingerprint density at radius 1 is 1.35 bits per heavy atom. The summed E-state index contributed by atoms with van der Waals surface area (Å²) in [6, 6.07) is 8.16. The maximum Gasteiger partial charge on any atom is 0.270 e. The minimum Gasteiger partial charge on any atom is -0.378 e. The second kappa shape index (κ2) is 7.05. The fourth-order valence-electron chi connectivity index (χ4n) is 4.70. The van der Waals surface area contributed by atoms with Crippen molar-refractivity contribution in [2.24, 2.45) is 0 Å². The quantitative estimate of drug-likeness (QED) is 0.915. The molecule has 26 heavy (non-hydrogen) atoms. The van der Waals surface area contributed by atoms with E-state index >= 15 is 0 Å². The lowest BCUT2D eigenvalue weighted by molar-refractivity contribution is -0.183. The molecule has 2 saturated heterocycles. The third kappa shape index (κ3) is 2.83. The Morgan fingerprint density at radius 3 is 2.85 bits per heavy atom. The van der Waals surface area contributed by atoms with Gasteiger partial charge >= 0.3 is 0 Å². The van der Waals surface area contributed by atoms with Crippen molar-refractivity contribution >= 4 is 16.8 Å². The van der Waals surface area contributed by atoms with Crippen molar-refractivity contribution < 1.29 is 14.3 Å². The lowest BCUT2D eigenvalue weighted by Gasteiger charge is -2.48. The van der Waals surface area contributed by atoms with Crippen molar-refractivity contribution in [3.63, 3.8) is 0 Å². The first-order valence-corrected chi connectivity index (χ1v) is 9.74. The molecule has 0 bridgehead atoms. The molecule has 5 nitrogen and oxygen atoms in total. The number of fused-ring (bicyclic) bond motifs is 1. The molecular weight excluding hydrogens is 328 g/mol. The van der Waals surface area contributed by atoms with Gasteiger partial charge in [0.2, 0.25) is 0 Å². The molecule has 0 radical (unpaired) electrons. The number of piperidine rings is 1. The molecular formula is C21H28N2O3. The number of nitrogens with zero attached hydrogens (tertiary/aromatic N) is 1. The number of benzene rings is 1. The third-order valence-corrected chi connectivity index (χ3v) is 6.15. The van der Waals surface area contributed by atoms with Gasteiger partial charge in [0.1, 0.15) is 5.69 Å². The molecule has 1 aromatic heterocycles. The van der Waals surface area contributed by atoms with Crippen LogP contribution in [0.5, 0.6) is 0 Å². The molecule has 2 aliphatic heterocycles. The van der Waals surface area contributed by atoms with E-state index in [1.807, 2.05) is 23.1 Å². The van der Waals surface area contributed by atoms with Gasteiger partial charge in [-0.05, 0) is 43.7 Å². The Morgan fingerprint density at radius 2 is 2.12 bits per heavy atom. The van der Waals surface area contributed by atoms with Crippen LogP contribution in [0.2, 0.25) is 0 Å². The van der Waals surface area contributed by atoms with Gasteiger partial charge in [-0.2, -0.15) is 0 Å². The molecule has 2 aromatic rings. The van der Waals surface area contributed by atoms with Crippen molar-refractivity contribution in [2.75, 3.05) is 26.8 Å². The van der Waals surface area contributed by atoms with Crippen LogP contribution in [0.1, 0.15) is 48.7 Å². The summed E-state index contributed by atoms with van der Waals surface area (Å²) in [4.78, 5) is 18.5. The van der Waals surface area contributed by atoms with Gasteiger partial charge in [-0.1, -0.05) is 25.1 Å².